The molecule has 0 aliphatic carbocycles. The van der Waals surface area contributed by atoms with Crippen LogP contribution in [0.3, 0.4) is 0 Å². The third-order valence-corrected chi connectivity index (χ3v) is 3.44. The van der Waals surface area contributed by atoms with Gasteiger partial charge in [-0.25, -0.2) is 9.59 Å². The summed E-state index contributed by atoms with van der Waals surface area (Å²) in [7, 11) is 0. The number of carbonyl (C=O) groups excluding carboxylic acids is 6. The van der Waals surface area contributed by atoms with Crippen molar-refractivity contribution in [1.29, 1.82) is 0 Å². The molecule has 0 atom stereocenters. The topological polar surface area (TPSA) is 168 Å². The van der Waals surface area contributed by atoms with Crippen LogP contribution in [0.2, 0.25) is 0 Å². The Morgan fingerprint density at radius 1 is 0.903 bits per heavy atom. The predicted molar refractivity (Wildman–Crippen MR) is 106 cm³/mol. The van der Waals surface area contributed by atoms with Gasteiger partial charge < -0.3 is 20.3 Å². The third kappa shape index (κ3) is 12.3. The van der Waals surface area contributed by atoms with Crippen LogP contribution in [0.4, 0.5) is 0 Å². The minimum atomic E-state index is -0.371. The molecule has 2 heterocycles. The lowest BCUT2D eigenvalue weighted by Gasteiger charge is -2.01. The van der Waals surface area contributed by atoms with E-state index in [1.807, 2.05) is 26.1 Å². The Bertz CT molecular complexity index is 846. The van der Waals surface area contributed by atoms with Gasteiger partial charge in [-0.1, -0.05) is 13.8 Å². The predicted octanol–water partition coefficient (Wildman–Crippen LogP) is 1.53. The summed E-state index contributed by atoms with van der Waals surface area (Å²) in [5, 5.41) is 0. The number of aromatic nitrogens is 2. The van der Waals surface area contributed by atoms with Crippen molar-refractivity contribution >= 4 is 24.2 Å². The summed E-state index contributed by atoms with van der Waals surface area (Å²) in [6, 6.07) is 3.57. The molecule has 2 aromatic rings. The van der Waals surface area contributed by atoms with Crippen LogP contribution in [0.1, 0.15) is 59.8 Å². The maximum atomic E-state index is 11.3. The number of carbonyl (C=O) groups is 2. The number of nitrogens with two attached hydrogens (primary N) is 1. The number of nitrogens with zero attached hydrogens (tertiary/aromatic N) is 1. The first kappa shape index (κ1) is 29.3. The molecule has 0 aliphatic heterocycles. The number of ether oxygens (including phenoxy) is 2. The fourth-order valence-corrected chi connectivity index (χ4v) is 2.07. The molecule has 0 saturated carbocycles. The van der Waals surface area contributed by atoms with Crippen LogP contribution in [-0.4, -0.2) is 47.1 Å². The SMILES string of the molecule is CCOC(=O)c1cc(CC)c[nH]1.CCOC(=O)c1cc(CC)cn1N.O=C=O.O=C=O. The molecular formula is C20H27N3O8. The van der Waals surface area contributed by atoms with E-state index in [2.05, 4.69) is 4.98 Å². The summed E-state index contributed by atoms with van der Waals surface area (Å²) in [4.78, 5) is 57.8. The zero-order valence-electron chi connectivity index (χ0n) is 17.9. The number of esters is 2. The Kier molecular flexibility index (Phi) is 17.1. The van der Waals surface area contributed by atoms with E-state index in [0.29, 0.717) is 24.6 Å². The lowest BCUT2D eigenvalue weighted by atomic mass is 10.2. The Labute approximate surface area is 179 Å². The molecule has 0 aromatic carbocycles. The first-order valence-electron chi connectivity index (χ1n) is 9.26. The Morgan fingerprint density at radius 2 is 1.39 bits per heavy atom. The number of rotatable bonds is 6. The Morgan fingerprint density at radius 3 is 1.77 bits per heavy atom. The van der Waals surface area contributed by atoms with Crippen molar-refractivity contribution in [3.8, 4) is 0 Å². The first-order chi connectivity index (χ1) is 14.8. The molecule has 170 valence electrons. The van der Waals surface area contributed by atoms with Crippen molar-refractivity contribution in [1.82, 2.24) is 9.66 Å². The van der Waals surface area contributed by atoms with Gasteiger partial charge in [-0.15, -0.1) is 0 Å². The molecule has 0 spiro atoms. The highest BCUT2D eigenvalue weighted by Gasteiger charge is 2.12. The summed E-state index contributed by atoms with van der Waals surface area (Å²) in [5.74, 6) is 4.91. The van der Waals surface area contributed by atoms with Crippen LogP contribution in [0.5, 0.6) is 0 Å². The van der Waals surface area contributed by atoms with Crippen molar-refractivity contribution in [2.45, 2.75) is 40.5 Å². The van der Waals surface area contributed by atoms with Gasteiger partial charge in [0.05, 0.1) is 13.2 Å². The van der Waals surface area contributed by atoms with E-state index in [0.717, 1.165) is 24.0 Å². The molecule has 0 aliphatic rings. The number of hydrogen-bond acceptors (Lipinski definition) is 9. The summed E-state index contributed by atoms with van der Waals surface area (Å²) in [5.41, 5.74) is 3.09. The van der Waals surface area contributed by atoms with Crippen molar-refractivity contribution < 1.29 is 38.2 Å². The second-order valence-electron chi connectivity index (χ2n) is 5.38. The van der Waals surface area contributed by atoms with Crippen LogP contribution in [-0.2, 0) is 41.5 Å². The maximum Gasteiger partial charge on any atom is 0.373 e. The minimum Gasteiger partial charge on any atom is -0.461 e. The highest BCUT2D eigenvalue weighted by molar-refractivity contribution is 5.88. The molecule has 0 fully saturated rings. The molecule has 2 rings (SSSR count). The van der Waals surface area contributed by atoms with E-state index in [4.69, 9.17) is 34.5 Å². The second kappa shape index (κ2) is 18.1. The zero-order valence-corrected chi connectivity index (χ0v) is 17.9. The van der Waals surface area contributed by atoms with Gasteiger partial charge in [0.2, 0.25) is 0 Å². The lowest BCUT2D eigenvalue weighted by Crippen LogP contribution is -2.16. The summed E-state index contributed by atoms with van der Waals surface area (Å²) in [6.07, 6.45) is 5.84. The quantitative estimate of drug-likeness (QED) is 0.503. The largest absolute Gasteiger partial charge is 0.461 e. The monoisotopic (exact) mass is 437 g/mol. The van der Waals surface area contributed by atoms with Gasteiger partial charge in [-0.05, 0) is 49.9 Å². The molecule has 3 N–H and O–H groups in total. The number of hydrogen-bond donors (Lipinski definition) is 2. The molecule has 0 bridgehead atoms. The second-order valence-corrected chi connectivity index (χ2v) is 5.38. The van der Waals surface area contributed by atoms with Gasteiger partial charge in [0.1, 0.15) is 11.4 Å². The molecular weight excluding hydrogens is 410 g/mol. The summed E-state index contributed by atoms with van der Waals surface area (Å²) in [6.45, 7) is 8.39. The van der Waals surface area contributed by atoms with Gasteiger partial charge >= 0.3 is 24.2 Å². The van der Waals surface area contributed by atoms with Crippen molar-refractivity contribution in [3.05, 3.63) is 47.0 Å². The minimum absolute atomic E-state index is 0.250. The standard InChI is InChI=1S/C9H14N2O2.C9H13NO2.2CO2/c1-3-7-5-8(11(10)6-7)9(12)13-4-2;1-3-7-5-8(10-6-7)9(11)12-4-2;2*2-1-3/h5-6H,3-4,10H2,1-2H3;5-6,10H,3-4H2,1-2H3;;. The van der Waals surface area contributed by atoms with E-state index >= 15 is 0 Å². The van der Waals surface area contributed by atoms with Gasteiger partial charge in [0, 0.05) is 12.4 Å². The highest BCUT2D eigenvalue weighted by Crippen LogP contribution is 2.08. The molecule has 0 radical (unpaired) electrons. The van der Waals surface area contributed by atoms with E-state index in [-0.39, 0.29) is 24.2 Å². The fraction of sp³-hybridized carbons (Fsp3) is 0.400. The fourth-order valence-electron chi connectivity index (χ4n) is 2.07. The number of nitrogens with one attached hydrogen (secondary N) is 1. The molecule has 0 saturated heterocycles. The average molecular weight is 437 g/mol. The Balaban J connectivity index is 0. The summed E-state index contributed by atoms with van der Waals surface area (Å²) < 4.78 is 10.9. The van der Waals surface area contributed by atoms with Gasteiger partial charge in [0.15, 0.2) is 0 Å². The first-order valence-corrected chi connectivity index (χ1v) is 9.26. The molecule has 0 amide bonds. The normalized spacial score (nSPS) is 8.52. The Hall–Kier alpha value is -3.94. The van der Waals surface area contributed by atoms with E-state index in [1.54, 1.807) is 26.1 Å². The number of aromatic amines is 1. The molecule has 0 unspecified atom stereocenters. The molecule has 2 aromatic heterocycles. The van der Waals surface area contributed by atoms with Crippen LogP contribution < -0.4 is 5.84 Å². The van der Waals surface area contributed by atoms with Gasteiger partial charge in [-0.3, -0.25) is 4.68 Å². The highest BCUT2D eigenvalue weighted by atomic mass is 16.5. The summed E-state index contributed by atoms with van der Waals surface area (Å²) >= 11 is 0. The van der Waals surface area contributed by atoms with E-state index in [1.165, 1.54) is 4.68 Å². The van der Waals surface area contributed by atoms with Gasteiger partial charge in [0.25, 0.3) is 0 Å². The number of nitrogen functional groups attached to an aromatic ring is 1. The van der Waals surface area contributed by atoms with Crippen LogP contribution >= 0.6 is 0 Å². The van der Waals surface area contributed by atoms with E-state index in [9.17, 15) is 9.59 Å². The number of H-pyrrole nitrogens is 1. The molecule has 11 nitrogen and oxygen atoms in total. The van der Waals surface area contributed by atoms with Crippen molar-refractivity contribution in [3.63, 3.8) is 0 Å². The average Bonchev–Trinajstić information content (AvgIpc) is 3.36. The van der Waals surface area contributed by atoms with Crippen LogP contribution in [0.25, 0.3) is 0 Å². The van der Waals surface area contributed by atoms with E-state index < -0.39 is 0 Å². The van der Waals surface area contributed by atoms with Gasteiger partial charge in [-0.2, -0.15) is 19.2 Å². The lowest BCUT2D eigenvalue weighted by molar-refractivity contribution is -0.193. The van der Waals surface area contributed by atoms with Crippen LogP contribution in [0, 0.1) is 0 Å². The van der Waals surface area contributed by atoms with Crippen molar-refractivity contribution in [2.24, 2.45) is 0 Å². The third-order valence-electron chi connectivity index (χ3n) is 3.44. The maximum absolute atomic E-state index is 11.3. The smallest absolute Gasteiger partial charge is 0.373 e. The molecule has 31 heavy (non-hydrogen) atoms. The van der Waals surface area contributed by atoms with Crippen molar-refractivity contribution in [2.75, 3.05) is 19.1 Å². The number of aryl methyl sites for hydroxylation is 2. The molecule has 11 heteroatoms. The zero-order chi connectivity index (χ0) is 24.2. The van der Waals surface area contributed by atoms with Crippen LogP contribution in [0.15, 0.2) is 24.5 Å².